The third-order valence-corrected chi connectivity index (χ3v) is 5.41. The first kappa shape index (κ1) is 15.5. The van der Waals surface area contributed by atoms with Crippen LogP contribution in [0.4, 0.5) is 0 Å². The summed E-state index contributed by atoms with van der Waals surface area (Å²) in [7, 11) is 4.30. The summed E-state index contributed by atoms with van der Waals surface area (Å²) in [5, 5.41) is 0. The van der Waals surface area contributed by atoms with Crippen LogP contribution in [-0.2, 0) is 9.59 Å². The summed E-state index contributed by atoms with van der Waals surface area (Å²) in [5.41, 5.74) is 0.826. The molecule has 3 aliphatic rings. The Balaban J connectivity index is 1.57. The molecule has 0 spiro atoms. The Kier molecular flexibility index (Phi) is 4.23. The molecular weight excluding hydrogens is 280 g/mol. The number of piperazine rings is 2. The van der Waals surface area contributed by atoms with Crippen molar-refractivity contribution >= 4 is 11.8 Å². The highest BCUT2D eigenvalue weighted by Crippen LogP contribution is 2.46. The normalized spacial score (nSPS) is 30.5. The van der Waals surface area contributed by atoms with E-state index in [0.29, 0.717) is 0 Å². The standard InChI is InChI=1S/C16H26N4O2/c1-12-13(15(21)19-8-4-17(2)5-9-19)14(12)16(22)20-10-6-18(3)7-11-20/h13-14H,1,4-11H2,2-3H3/p+2/t13-,14-/m1/s1. The number of carbonyl (C=O) groups is 2. The zero-order chi connectivity index (χ0) is 15.9. The van der Waals surface area contributed by atoms with Gasteiger partial charge in [-0.2, -0.15) is 0 Å². The van der Waals surface area contributed by atoms with Gasteiger partial charge >= 0.3 is 0 Å². The van der Waals surface area contributed by atoms with E-state index in [9.17, 15) is 9.59 Å². The highest BCUT2D eigenvalue weighted by molar-refractivity contribution is 5.99. The zero-order valence-corrected chi connectivity index (χ0v) is 13.7. The molecule has 122 valence electrons. The molecule has 1 saturated carbocycles. The predicted octanol–water partition coefficient (Wildman–Crippen LogP) is -3.50. The second-order valence-corrected chi connectivity index (χ2v) is 7.10. The molecule has 2 aliphatic heterocycles. The maximum Gasteiger partial charge on any atom is 0.231 e. The number of hydrogen-bond donors (Lipinski definition) is 2. The molecule has 2 saturated heterocycles. The predicted molar refractivity (Wildman–Crippen MR) is 82.5 cm³/mol. The fourth-order valence-electron chi connectivity index (χ4n) is 3.53. The number of amides is 2. The van der Waals surface area contributed by atoms with E-state index < -0.39 is 0 Å². The van der Waals surface area contributed by atoms with Gasteiger partial charge in [-0.1, -0.05) is 12.2 Å². The molecule has 2 amide bonds. The number of nitrogens with one attached hydrogen (secondary N) is 2. The van der Waals surface area contributed by atoms with Gasteiger partial charge in [-0.05, 0) is 0 Å². The molecule has 3 fully saturated rings. The van der Waals surface area contributed by atoms with Crippen LogP contribution in [0.5, 0.6) is 0 Å². The van der Waals surface area contributed by atoms with Gasteiger partial charge in [0, 0.05) is 0 Å². The van der Waals surface area contributed by atoms with E-state index in [1.807, 2.05) is 9.80 Å². The summed E-state index contributed by atoms with van der Waals surface area (Å²) in [5.74, 6) is -0.262. The van der Waals surface area contributed by atoms with Gasteiger partial charge in [0.25, 0.3) is 0 Å². The van der Waals surface area contributed by atoms with Crippen molar-refractivity contribution in [2.75, 3.05) is 66.5 Å². The Morgan fingerprint density at radius 2 is 1.18 bits per heavy atom. The molecule has 3 rings (SSSR count). The number of likely N-dealkylation sites (N-methyl/N-ethyl adjacent to an activating group) is 2. The van der Waals surface area contributed by atoms with Gasteiger partial charge in [-0.25, -0.2) is 0 Å². The van der Waals surface area contributed by atoms with Gasteiger partial charge in [0.1, 0.15) is 0 Å². The molecule has 2 atom stereocenters. The van der Waals surface area contributed by atoms with E-state index >= 15 is 0 Å². The Labute approximate surface area is 132 Å². The minimum absolute atomic E-state index is 0.121. The van der Waals surface area contributed by atoms with Crippen molar-refractivity contribution < 1.29 is 19.4 Å². The summed E-state index contributed by atoms with van der Waals surface area (Å²) in [6.45, 7) is 11.1. The molecule has 1 aliphatic carbocycles. The number of nitrogens with zero attached hydrogens (tertiary/aromatic N) is 2. The molecule has 6 heteroatoms. The van der Waals surface area contributed by atoms with E-state index in [1.54, 1.807) is 0 Å². The van der Waals surface area contributed by atoms with Crippen LogP contribution in [0.2, 0.25) is 0 Å². The molecule has 0 aromatic carbocycles. The quantitative estimate of drug-likeness (QED) is 0.520. The van der Waals surface area contributed by atoms with Crippen molar-refractivity contribution in [3.63, 3.8) is 0 Å². The zero-order valence-electron chi connectivity index (χ0n) is 13.7. The van der Waals surface area contributed by atoms with Crippen LogP contribution < -0.4 is 9.80 Å². The lowest BCUT2D eigenvalue weighted by Crippen LogP contribution is -3.12. The molecule has 0 aromatic rings. The minimum Gasteiger partial charge on any atom is -0.334 e. The highest BCUT2D eigenvalue weighted by atomic mass is 16.2. The first-order valence-corrected chi connectivity index (χ1v) is 8.38. The average Bonchev–Trinajstić information content (AvgIpc) is 3.18. The summed E-state index contributed by atoms with van der Waals surface area (Å²) < 4.78 is 0. The molecule has 2 N–H and O–H groups in total. The molecule has 0 radical (unpaired) electrons. The van der Waals surface area contributed by atoms with Gasteiger partial charge in [0.15, 0.2) is 0 Å². The third kappa shape index (κ3) is 2.90. The highest BCUT2D eigenvalue weighted by Gasteiger charge is 2.55. The summed E-state index contributed by atoms with van der Waals surface area (Å²) in [6.07, 6.45) is 0. The Morgan fingerprint density at radius 1 is 0.864 bits per heavy atom. The SMILES string of the molecule is C=C1[C@@H](C(=O)N2CC[NH+](C)CC2)[C@@H]1C(=O)N1CC[NH+](C)CC1. The Bertz CT molecular complexity index is 435. The van der Waals surface area contributed by atoms with Crippen LogP contribution in [0.3, 0.4) is 0 Å². The van der Waals surface area contributed by atoms with Crippen molar-refractivity contribution in [1.82, 2.24) is 9.80 Å². The Morgan fingerprint density at radius 3 is 1.50 bits per heavy atom. The van der Waals surface area contributed by atoms with Crippen LogP contribution in [0, 0.1) is 11.8 Å². The maximum atomic E-state index is 12.6. The molecular formula is C16H28N4O2+2. The molecule has 0 aromatic heterocycles. The number of rotatable bonds is 2. The lowest BCUT2D eigenvalue weighted by Gasteiger charge is -2.31. The van der Waals surface area contributed by atoms with Crippen LogP contribution in [0.15, 0.2) is 12.2 Å². The van der Waals surface area contributed by atoms with Gasteiger partial charge in [0.2, 0.25) is 11.8 Å². The van der Waals surface area contributed by atoms with Crippen molar-refractivity contribution in [2.24, 2.45) is 11.8 Å². The lowest BCUT2D eigenvalue weighted by atomic mass is 10.2. The van der Waals surface area contributed by atoms with E-state index in [1.165, 1.54) is 9.80 Å². The van der Waals surface area contributed by atoms with Crippen LogP contribution in [0.25, 0.3) is 0 Å². The number of hydrogen-bond acceptors (Lipinski definition) is 2. The van der Waals surface area contributed by atoms with E-state index in [-0.39, 0.29) is 23.7 Å². The van der Waals surface area contributed by atoms with Crippen LogP contribution in [-0.4, -0.2) is 88.1 Å². The van der Waals surface area contributed by atoms with Gasteiger partial charge in [-0.3, -0.25) is 9.59 Å². The number of quaternary nitrogens is 2. The topological polar surface area (TPSA) is 49.5 Å². The fraction of sp³-hybridized carbons (Fsp3) is 0.750. The maximum absolute atomic E-state index is 12.6. The monoisotopic (exact) mass is 308 g/mol. The van der Waals surface area contributed by atoms with Crippen molar-refractivity contribution in [2.45, 2.75) is 0 Å². The largest absolute Gasteiger partial charge is 0.334 e. The average molecular weight is 308 g/mol. The molecule has 0 unspecified atom stereocenters. The molecule has 2 heterocycles. The summed E-state index contributed by atoms with van der Waals surface area (Å²) in [4.78, 5) is 32.0. The van der Waals surface area contributed by atoms with Gasteiger partial charge in [0.05, 0.1) is 78.3 Å². The smallest absolute Gasteiger partial charge is 0.231 e. The third-order valence-electron chi connectivity index (χ3n) is 5.41. The van der Waals surface area contributed by atoms with Crippen LogP contribution in [0.1, 0.15) is 0 Å². The summed E-state index contributed by atoms with van der Waals surface area (Å²) >= 11 is 0. The minimum atomic E-state index is -0.252. The van der Waals surface area contributed by atoms with E-state index in [2.05, 4.69) is 20.7 Å². The van der Waals surface area contributed by atoms with Crippen molar-refractivity contribution in [3.8, 4) is 0 Å². The second-order valence-electron chi connectivity index (χ2n) is 7.10. The van der Waals surface area contributed by atoms with E-state index in [4.69, 9.17) is 0 Å². The second kappa shape index (κ2) is 6.01. The Hall–Kier alpha value is -1.40. The van der Waals surface area contributed by atoms with Gasteiger partial charge < -0.3 is 19.6 Å². The molecule has 6 nitrogen and oxygen atoms in total. The van der Waals surface area contributed by atoms with Crippen LogP contribution >= 0.6 is 0 Å². The lowest BCUT2D eigenvalue weighted by molar-refractivity contribution is -0.883. The summed E-state index contributed by atoms with van der Waals surface area (Å²) in [6, 6.07) is 0. The fourth-order valence-corrected chi connectivity index (χ4v) is 3.53. The first-order chi connectivity index (χ1) is 10.5. The van der Waals surface area contributed by atoms with Crippen molar-refractivity contribution in [3.05, 3.63) is 12.2 Å². The molecule has 0 bridgehead atoms. The molecule has 22 heavy (non-hydrogen) atoms. The van der Waals surface area contributed by atoms with Gasteiger partial charge in [-0.15, -0.1) is 0 Å². The number of carbonyl (C=O) groups excluding carboxylic acids is 2. The first-order valence-electron chi connectivity index (χ1n) is 8.38. The van der Waals surface area contributed by atoms with Crippen molar-refractivity contribution in [1.29, 1.82) is 0 Å². The van der Waals surface area contributed by atoms with E-state index in [0.717, 1.165) is 57.9 Å².